The van der Waals surface area contributed by atoms with Crippen LogP contribution in [0, 0.1) is 0 Å². The highest BCUT2D eigenvalue weighted by atomic mass is 16.2. The van der Waals surface area contributed by atoms with Crippen molar-refractivity contribution in [3.63, 3.8) is 0 Å². The molecule has 1 unspecified atom stereocenters. The van der Waals surface area contributed by atoms with Crippen molar-refractivity contribution in [2.24, 2.45) is 0 Å². The van der Waals surface area contributed by atoms with Crippen LogP contribution >= 0.6 is 0 Å². The van der Waals surface area contributed by atoms with Crippen molar-refractivity contribution >= 4 is 5.91 Å². The Kier molecular flexibility index (Phi) is 6.24. The average molecular weight is 288 g/mol. The van der Waals surface area contributed by atoms with Gasteiger partial charge in [0.2, 0.25) is 0 Å². The standard InChI is InChI=1S/C18H28N2O/c1-3-16(19-4-2)11-8-14-20-13-7-10-15-9-5-6-12-17(15)18(20)21/h5-6,9,12,16,19H,3-4,7-8,10-11,13-14H2,1-2H3. The zero-order valence-electron chi connectivity index (χ0n) is 13.4. The van der Waals surface area contributed by atoms with Crippen LogP contribution < -0.4 is 5.32 Å². The summed E-state index contributed by atoms with van der Waals surface area (Å²) < 4.78 is 0. The summed E-state index contributed by atoms with van der Waals surface area (Å²) in [4.78, 5) is 14.7. The highest BCUT2D eigenvalue weighted by Crippen LogP contribution is 2.19. The van der Waals surface area contributed by atoms with Crippen molar-refractivity contribution in [3.8, 4) is 0 Å². The molecule has 1 amide bonds. The molecule has 1 aliphatic rings. The Bertz CT molecular complexity index is 458. The highest BCUT2D eigenvalue weighted by Gasteiger charge is 2.21. The molecule has 1 atom stereocenters. The molecule has 0 fully saturated rings. The molecule has 1 N–H and O–H groups in total. The van der Waals surface area contributed by atoms with Crippen molar-refractivity contribution < 1.29 is 4.79 Å². The summed E-state index contributed by atoms with van der Waals surface area (Å²) in [6.07, 6.45) is 5.49. The molecule has 1 aromatic carbocycles. The van der Waals surface area contributed by atoms with E-state index in [1.807, 2.05) is 23.1 Å². The molecule has 0 radical (unpaired) electrons. The van der Waals surface area contributed by atoms with Gasteiger partial charge in [0.15, 0.2) is 0 Å². The molecule has 1 heterocycles. The molecule has 116 valence electrons. The summed E-state index contributed by atoms with van der Waals surface area (Å²) in [6.45, 7) is 7.17. The van der Waals surface area contributed by atoms with Crippen molar-refractivity contribution in [1.29, 1.82) is 0 Å². The van der Waals surface area contributed by atoms with Crippen LogP contribution in [0.3, 0.4) is 0 Å². The van der Waals surface area contributed by atoms with Crippen LogP contribution in [0.2, 0.25) is 0 Å². The number of carbonyl (C=O) groups excluding carboxylic acids is 1. The molecule has 1 aromatic rings. The van der Waals surface area contributed by atoms with Gasteiger partial charge in [-0.2, -0.15) is 0 Å². The van der Waals surface area contributed by atoms with Crippen molar-refractivity contribution in [1.82, 2.24) is 10.2 Å². The van der Waals surface area contributed by atoms with E-state index in [0.717, 1.165) is 57.3 Å². The fourth-order valence-corrected chi connectivity index (χ4v) is 3.16. The van der Waals surface area contributed by atoms with Crippen LogP contribution in [0.15, 0.2) is 24.3 Å². The molecular weight excluding hydrogens is 260 g/mol. The Morgan fingerprint density at radius 2 is 2.10 bits per heavy atom. The number of hydrogen-bond acceptors (Lipinski definition) is 2. The molecule has 3 nitrogen and oxygen atoms in total. The van der Waals surface area contributed by atoms with Crippen molar-refractivity contribution in [2.45, 2.75) is 52.0 Å². The Balaban J connectivity index is 1.91. The number of aryl methyl sites for hydroxylation is 1. The van der Waals surface area contributed by atoms with Crippen LogP contribution in [0.25, 0.3) is 0 Å². The lowest BCUT2D eigenvalue weighted by Crippen LogP contribution is -2.34. The van der Waals surface area contributed by atoms with E-state index in [0.29, 0.717) is 6.04 Å². The second-order valence-electron chi connectivity index (χ2n) is 5.86. The predicted molar refractivity (Wildman–Crippen MR) is 87.7 cm³/mol. The van der Waals surface area contributed by atoms with Gasteiger partial charge in [0.05, 0.1) is 0 Å². The van der Waals surface area contributed by atoms with E-state index >= 15 is 0 Å². The van der Waals surface area contributed by atoms with E-state index in [-0.39, 0.29) is 5.91 Å². The SMILES string of the molecule is CCNC(CC)CCCN1CCCc2ccccc2C1=O. The van der Waals surface area contributed by atoms with Crippen molar-refractivity contribution in [2.75, 3.05) is 19.6 Å². The number of amides is 1. The van der Waals surface area contributed by atoms with Gasteiger partial charge in [-0.15, -0.1) is 0 Å². The van der Waals surface area contributed by atoms with Gasteiger partial charge in [-0.25, -0.2) is 0 Å². The minimum Gasteiger partial charge on any atom is -0.339 e. The molecule has 0 spiro atoms. The van der Waals surface area contributed by atoms with Crippen LogP contribution in [-0.2, 0) is 6.42 Å². The number of fused-ring (bicyclic) bond motifs is 1. The predicted octanol–water partition coefficient (Wildman–Crippen LogP) is 3.24. The van der Waals surface area contributed by atoms with E-state index in [4.69, 9.17) is 0 Å². The average Bonchev–Trinajstić information content (AvgIpc) is 2.67. The third kappa shape index (κ3) is 4.31. The van der Waals surface area contributed by atoms with Crippen LogP contribution in [0.5, 0.6) is 0 Å². The largest absolute Gasteiger partial charge is 0.339 e. The van der Waals surface area contributed by atoms with Gasteiger partial charge >= 0.3 is 0 Å². The lowest BCUT2D eigenvalue weighted by molar-refractivity contribution is 0.0756. The van der Waals surface area contributed by atoms with Gasteiger partial charge in [0.1, 0.15) is 0 Å². The Morgan fingerprint density at radius 1 is 1.29 bits per heavy atom. The van der Waals surface area contributed by atoms with Crippen LogP contribution in [-0.4, -0.2) is 36.5 Å². The molecule has 21 heavy (non-hydrogen) atoms. The Hall–Kier alpha value is -1.35. The summed E-state index contributed by atoms with van der Waals surface area (Å²) in [6, 6.07) is 8.66. The zero-order chi connectivity index (χ0) is 15.1. The first kappa shape index (κ1) is 16.0. The quantitative estimate of drug-likeness (QED) is 0.835. The second kappa shape index (κ2) is 8.18. The molecule has 2 rings (SSSR count). The van der Waals surface area contributed by atoms with Gasteiger partial charge in [0, 0.05) is 24.7 Å². The van der Waals surface area contributed by atoms with Gasteiger partial charge < -0.3 is 10.2 Å². The summed E-state index contributed by atoms with van der Waals surface area (Å²) in [5.74, 6) is 0.222. The number of carbonyl (C=O) groups is 1. The maximum atomic E-state index is 12.6. The Labute approximate surface area is 128 Å². The monoisotopic (exact) mass is 288 g/mol. The van der Waals surface area contributed by atoms with E-state index < -0.39 is 0 Å². The molecule has 0 bridgehead atoms. The van der Waals surface area contributed by atoms with Gasteiger partial charge in [0.25, 0.3) is 5.91 Å². The summed E-state index contributed by atoms with van der Waals surface area (Å²) >= 11 is 0. The topological polar surface area (TPSA) is 32.3 Å². The lowest BCUT2D eigenvalue weighted by Gasteiger charge is -2.22. The van der Waals surface area contributed by atoms with Gasteiger partial charge in [-0.3, -0.25) is 4.79 Å². The number of nitrogens with one attached hydrogen (secondary N) is 1. The van der Waals surface area contributed by atoms with E-state index in [9.17, 15) is 4.79 Å². The van der Waals surface area contributed by atoms with E-state index in [1.165, 1.54) is 5.56 Å². The minimum absolute atomic E-state index is 0.222. The number of hydrogen-bond donors (Lipinski definition) is 1. The fourth-order valence-electron chi connectivity index (χ4n) is 3.16. The van der Waals surface area contributed by atoms with Crippen LogP contribution in [0.4, 0.5) is 0 Å². The maximum absolute atomic E-state index is 12.6. The number of rotatable bonds is 7. The molecule has 0 saturated carbocycles. The highest BCUT2D eigenvalue weighted by molar-refractivity contribution is 5.96. The first-order valence-corrected chi connectivity index (χ1v) is 8.36. The van der Waals surface area contributed by atoms with E-state index in [1.54, 1.807) is 0 Å². The molecule has 0 aliphatic carbocycles. The van der Waals surface area contributed by atoms with Crippen molar-refractivity contribution in [3.05, 3.63) is 35.4 Å². The van der Waals surface area contributed by atoms with Gasteiger partial charge in [-0.05, 0) is 50.3 Å². The smallest absolute Gasteiger partial charge is 0.254 e. The third-order valence-electron chi connectivity index (χ3n) is 4.38. The molecule has 1 aliphatic heterocycles. The zero-order valence-corrected chi connectivity index (χ0v) is 13.4. The first-order valence-electron chi connectivity index (χ1n) is 8.36. The minimum atomic E-state index is 0.222. The molecular formula is C18H28N2O. The number of benzene rings is 1. The number of nitrogens with zero attached hydrogens (tertiary/aromatic N) is 1. The summed E-state index contributed by atoms with van der Waals surface area (Å²) in [7, 11) is 0. The molecule has 0 aromatic heterocycles. The Morgan fingerprint density at radius 3 is 2.86 bits per heavy atom. The normalized spacial score (nSPS) is 16.5. The maximum Gasteiger partial charge on any atom is 0.254 e. The summed E-state index contributed by atoms with van der Waals surface area (Å²) in [5.41, 5.74) is 2.12. The molecule has 0 saturated heterocycles. The summed E-state index contributed by atoms with van der Waals surface area (Å²) in [5, 5.41) is 3.51. The third-order valence-corrected chi connectivity index (χ3v) is 4.38. The lowest BCUT2D eigenvalue weighted by atomic mass is 10.0. The van der Waals surface area contributed by atoms with Crippen LogP contribution in [0.1, 0.15) is 55.5 Å². The first-order chi connectivity index (χ1) is 10.3. The van der Waals surface area contributed by atoms with Gasteiger partial charge in [-0.1, -0.05) is 32.0 Å². The fraction of sp³-hybridized carbons (Fsp3) is 0.611. The second-order valence-corrected chi connectivity index (χ2v) is 5.86. The van der Waals surface area contributed by atoms with E-state index in [2.05, 4.69) is 25.2 Å². The molecule has 3 heteroatoms.